The number of nitrogens with one attached hydrogen (secondary N) is 2. The number of benzene rings is 2. The van der Waals surface area contributed by atoms with Crippen LogP contribution < -0.4 is 10.6 Å². The molecule has 2 N–H and O–H groups in total. The van der Waals surface area contributed by atoms with E-state index in [2.05, 4.69) is 10.6 Å². The van der Waals surface area contributed by atoms with Gasteiger partial charge in [0.25, 0.3) is 0 Å². The van der Waals surface area contributed by atoms with Crippen molar-refractivity contribution in [2.24, 2.45) is 11.8 Å². The minimum atomic E-state index is -0.122. The molecular weight excluding hydrogens is 348 g/mol. The summed E-state index contributed by atoms with van der Waals surface area (Å²) in [5.74, 6) is -0.193. The third-order valence-corrected chi connectivity index (χ3v) is 6.14. The SMILES string of the molecule is Cc1cccc(NC(=O)C2CCCC(C(=O)Nc3cccc(C)c3C)C2)c1C. The number of amides is 2. The van der Waals surface area contributed by atoms with Gasteiger partial charge in [0, 0.05) is 23.2 Å². The van der Waals surface area contributed by atoms with Crippen LogP contribution in [0.1, 0.15) is 47.9 Å². The minimum Gasteiger partial charge on any atom is -0.326 e. The minimum absolute atomic E-state index is 0.0259. The van der Waals surface area contributed by atoms with E-state index >= 15 is 0 Å². The molecule has 0 spiro atoms. The molecule has 1 fully saturated rings. The molecule has 2 amide bonds. The van der Waals surface area contributed by atoms with Gasteiger partial charge < -0.3 is 10.6 Å². The molecule has 0 aliphatic heterocycles. The molecule has 0 saturated heterocycles. The second-order valence-electron chi connectivity index (χ2n) is 8.03. The van der Waals surface area contributed by atoms with E-state index in [9.17, 15) is 9.59 Å². The normalized spacial score (nSPS) is 19.1. The van der Waals surface area contributed by atoms with Crippen molar-refractivity contribution in [2.45, 2.75) is 53.4 Å². The van der Waals surface area contributed by atoms with Gasteiger partial charge in [-0.25, -0.2) is 0 Å². The molecule has 4 heteroatoms. The first kappa shape index (κ1) is 20.1. The smallest absolute Gasteiger partial charge is 0.227 e. The molecule has 2 aromatic rings. The summed E-state index contributed by atoms with van der Waals surface area (Å²) in [5.41, 5.74) is 6.24. The van der Waals surface area contributed by atoms with Crippen molar-refractivity contribution in [3.8, 4) is 0 Å². The van der Waals surface area contributed by atoms with Crippen molar-refractivity contribution in [1.29, 1.82) is 0 Å². The Kier molecular flexibility index (Phi) is 6.18. The van der Waals surface area contributed by atoms with E-state index in [4.69, 9.17) is 0 Å². The lowest BCUT2D eigenvalue weighted by Crippen LogP contribution is -2.33. The Morgan fingerprint density at radius 1 is 0.750 bits per heavy atom. The van der Waals surface area contributed by atoms with Gasteiger partial charge in [-0.2, -0.15) is 0 Å². The number of aryl methyl sites for hydroxylation is 2. The van der Waals surface area contributed by atoms with Crippen molar-refractivity contribution in [3.63, 3.8) is 0 Å². The largest absolute Gasteiger partial charge is 0.326 e. The second-order valence-corrected chi connectivity index (χ2v) is 8.03. The van der Waals surface area contributed by atoms with Crippen molar-refractivity contribution in [1.82, 2.24) is 0 Å². The summed E-state index contributed by atoms with van der Waals surface area (Å²) in [6, 6.07) is 11.9. The highest BCUT2D eigenvalue weighted by Gasteiger charge is 2.31. The van der Waals surface area contributed by atoms with Gasteiger partial charge in [-0.3, -0.25) is 9.59 Å². The molecule has 3 rings (SSSR count). The summed E-state index contributed by atoms with van der Waals surface area (Å²) >= 11 is 0. The molecule has 0 radical (unpaired) electrons. The molecule has 1 saturated carbocycles. The number of hydrogen-bond acceptors (Lipinski definition) is 2. The highest BCUT2D eigenvalue weighted by atomic mass is 16.2. The number of carbonyl (C=O) groups excluding carboxylic acids is 2. The fourth-order valence-electron chi connectivity index (χ4n) is 3.91. The number of hydrogen-bond donors (Lipinski definition) is 2. The van der Waals surface area contributed by atoms with Crippen LogP contribution in [-0.2, 0) is 9.59 Å². The molecule has 0 bridgehead atoms. The Labute approximate surface area is 167 Å². The Balaban J connectivity index is 1.64. The maximum atomic E-state index is 12.8. The van der Waals surface area contributed by atoms with Crippen LogP contribution >= 0.6 is 0 Å². The van der Waals surface area contributed by atoms with Gasteiger partial charge in [0.1, 0.15) is 0 Å². The number of anilines is 2. The first-order chi connectivity index (χ1) is 13.4. The summed E-state index contributed by atoms with van der Waals surface area (Å²) in [4.78, 5) is 25.6. The predicted octanol–water partition coefficient (Wildman–Crippen LogP) is 5.30. The summed E-state index contributed by atoms with van der Waals surface area (Å²) in [6.45, 7) is 8.12. The lowest BCUT2D eigenvalue weighted by atomic mass is 9.80. The third-order valence-electron chi connectivity index (χ3n) is 6.14. The lowest BCUT2D eigenvalue weighted by molar-refractivity contribution is -0.124. The lowest BCUT2D eigenvalue weighted by Gasteiger charge is -2.28. The van der Waals surface area contributed by atoms with Crippen LogP contribution in [0.3, 0.4) is 0 Å². The van der Waals surface area contributed by atoms with Crippen LogP contribution in [0.4, 0.5) is 11.4 Å². The van der Waals surface area contributed by atoms with E-state index in [0.717, 1.165) is 52.9 Å². The van der Waals surface area contributed by atoms with E-state index in [0.29, 0.717) is 6.42 Å². The maximum Gasteiger partial charge on any atom is 0.227 e. The Bertz CT molecular complexity index is 817. The molecule has 0 aromatic heterocycles. The molecule has 0 heterocycles. The molecular formula is C24H30N2O2. The zero-order valence-corrected chi connectivity index (χ0v) is 17.3. The van der Waals surface area contributed by atoms with Gasteiger partial charge in [0.15, 0.2) is 0 Å². The number of rotatable bonds is 4. The van der Waals surface area contributed by atoms with E-state index in [1.54, 1.807) is 0 Å². The van der Waals surface area contributed by atoms with Crippen LogP contribution in [0.25, 0.3) is 0 Å². The molecule has 28 heavy (non-hydrogen) atoms. The van der Waals surface area contributed by atoms with E-state index < -0.39 is 0 Å². The average molecular weight is 379 g/mol. The standard InChI is InChI=1S/C24H30N2O2/c1-15-8-5-12-21(17(15)3)25-23(27)19-10-7-11-20(14-19)24(28)26-22-13-6-9-16(2)18(22)4/h5-6,8-9,12-13,19-20H,7,10-11,14H2,1-4H3,(H,25,27)(H,26,28). The van der Waals surface area contributed by atoms with Crippen molar-refractivity contribution >= 4 is 23.2 Å². The summed E-state index contributed by atoms with van der Waals surface area (Å²) in [5, 5.41) is 6.15. The first-order valence-corrected chi connectivity index (χ1v) is 10.1. The van der Waals surface area contributed by atoms with Gasteiger partial charge >= 0.3 is 0 Å². The zero-order valence-electron chi connectivity index (χ0n) is 17.3. The summed E-state index contributed by atoms with van der Waals surface area (Å²) in [7, 11) is 0. The molecule has 2 atom stereocenters. The monoisotopic (exact) mass is 378 g/mol. The predicted molar refractivity (Wildman–Crippen MR) is 115 cm³/mol. The van der Waals surface area contributed by atoms with Crippen molar-refractivity contribution < 1.29 is 9.59 Å². The molecule has 2 unspecified atom stereocenters. The topological polar surface area (TPSA) is 58.2 Å². The van der Waals surface area contributed by atoms with Gasteiger partial charge in [-0.05, 0) is 81.3 Å². The fraction of sp³-hybridized carbons (Fsp3) is 0.417. The van der Waals surface area contributed by atoms with Gasteiger partial charge in [0.2, 0.25) is 11.8 Å². The molecule has 2 aromatic carbocycles. The van der Waals surface area contributed by atoms with E-state index in [-0.39, 0.29) is 23.7 Å². The van der Waals surface area contributed by atoms with E-state index in [1.807, 2.05) is 64.1 Å². The Hall–Kier alpha value is -2.62. The molecule has 1 aliphatic rings. The van der Waals surface area contributed by atoms with Crippen LogP contribution in [0, 0.1) is 39.5 Å². The quantitative estimate of drug-likeness (QED) is 0.758. The Morgan fingerprint density at radius 2 is 1.18 bits per heavy atom. The highest BCUT2D eigenvalue weighted by molar-refractivity contribution is 5.96. The number of carbonyl (C=O) groups is 2. The summed E-state index contributed by atoms with van der Waals surface area (Å²) < 4.78 is 0. The first-order valence-electron chi connectivity index (χ1n) is 10.1. The van der Waals surface area contributed by atoms with Gasteiger partial charge in [0.05, 0.1) is 0 Å². The van der Waals surface area contributed by atoms with E-state index in [1.165, 1.54) is 0 Å². The molecule has 148 valence electrons. The highest BCUT2D eigenvalue weighted by Crippen LogP contribution is 2.32. The van der Waals surface area contributed by atoms with Crippen LogP contribution in [0.5, 0.6) is 0 Å². The van der Waals surface area contributed by atoms with Crippen molar-refractivity contribution in [3.05, 3.63) is 58.7 Å². The fourth-order valence-corrected chi connectivity index (χ4v) is 3.91. The molecule has 1 aliphatic carbocycles. The second kappa shape index (κ2) is 8.59. The summed E-state index contributed by atoms with van der Waals surface area (Å²) in [6.07, 6.45) is 3.18. The third kappa shape index (κ3) is 4.44. The molecule has 4 nitrogen and oxygen atoms in total. The van der Waals surface area contributed by atoms with Gasteiger partial charge in [-0.1, -0.05) is 30.7 Å². The Morgan fingerprint density at radius 3 is 1.61 bits per heavy atom. The van der Waals surface area contributed by atoms with Gasteiger partial charge in [-0.15, -0.1) is 0 Å². The van der Waals surface area contributed by atoms with Crippen molar-refractivity contribution in [2.75, 3.05) is 10.6 Å². The maximum absolute atomic E-state index is 12.8. The van der Waals surface area contributed by atoms with Crippen LogP contribution in [-0.4, -0.2) is 11.8 Å². The zero-order chi connectivity index (χ0) is 20.3. The average Bonchev–Trinajstić information content (AvgIpc) is 2.69. The van der Waals surface area contributed by atoms with Crippen LogP contribution in [0.15, 0.2) is 36.4 Å². The van der Waals surface area contributed by atoms with Crippen LogP contribution in [0.2, 0.25) is 0 Å².